The van der Waals surface area contributed by atoms with Gasteiger partial charge in [0, 0.05) is 20.1 Å². The van der Waals surface area contributed by atoms with Crippen molar-refractivity contribution >= 4 is 28.7 Å². The van der Waals surface area contributed by atoms with Gasteiger partial charge in [0.15, 0.2) is 11.2 Å². The van der Waals surface area contributed by atoms with Gasteiger partial charge in [-0.05, 0) is 36.9 Å². The predicted molar refractivity (Wildman–Crippen MR) is 108 cm³/mol. The summed E-state index contributed by atoms with van der Waals surface area (Å²) in [6, 6.07) is 9.98. The van der Waals surface area contributed by atoms with Crippen LogP contribution in [0.15, 0.2) is 39.9 Å². The van der Waals surface area contributed by atoms with Crippen LogP contribution in [0.1, 0.15) is 18.9 Å². The van der Waals surface area contributed by atoms with Gasteiger partial charge in [0.2, 0.25) is 11.2 Å². The molecule has 0 bridgehead atoms. The average Bonchev–Trinajstić information content (AvgIpc) is 3.00. The number of hydrogen-bond acceptors (Lipinski definition) is 4. The summed E-state index contributed by atoms with van der Waals surface area (Å²) in [6.07, 6.45) is 1.63. The summed E-state index contributed by atoms with van der Waals surface area (Å²) in [5.41, 5.74) is 0.446. The molecule has 1 atom stereocenters. The van der Waals surface area contributed by atoms with Gasteiger partial charge in [-0.25, -0.2) is 4.79 Å². The number of rotatable bonds is 6. The molecule has 2 heterocycles. The standard InChI is InChI=1S/C19H22ClN5O3/c1-12(9-10-13-7-5-4-6-8-13)21-14(26)11-25-15-16(22-18(25)20)23(2)19(28)24(3)17(15)27/h4-8,12H,9-11H2,1-3H3,(H,21,26)/t12-/m0/s1. The molecular weight excluding hydrogens is 382 g/mol. The smallest absolute Gasteiger partial charge is 0.332 e. The molecular formula is C19H22ClN5O3. The van der Waals surface area contributed by atoms with E-state index in [-0.39, 0.29) is 34.9 Å². The zero-order chi connectivity index (χ0) is 20.4. The van der Waals surface area contributed by atoms with Crippen molar-refractivity contribution in [2.24, 2.45) is 14.1 Å². The maximum Gasteiger partial charge on any atom is 0.332 e. The number of carbonyl (C=O) groups excluding carboxylic acids is 1. The first kappa shape index (κ1) is 19.9. The number of amides is 1. The molecule has 1 amide bonds. The number of halogens is 1. The van der Waals surface area contributed by atoms with Crippen molar-refractivity contribution in [1.82, 2.24) is 24.0 Å². The Kier molecular flexibility index (Phi) is 5.69. The van der Waals surface area contributed by atoms with E-state index in [2.05, 4.69) is 10.3 Å². The van der Waals surface area contributed by atoms with E-state index in [0.29, 0.717) is 0 Å². The molecule has 1 N–H and O–H groups in total. The maximum atomic E-state index is 12.5. The van der Waals surface area contributed by atoms with Crippen LogP contribution in [0, 0.1) is 0 Å². The minimum Gasteiger partial charge on any atom is -0.352 e. The van der Waals surface area contributed by atoms with Crippen molar-refractivity contribution in [2.75, 3.05) is 0 Å². The minimum absolute atomic E-state index is 0.0135. The van der Waals surface area contributed by atoms with Crippen molar-refractivity contribution in [3.05, 3.63) is 62.0 Å². The fourth-order valence-corrected chi connectivity index (χ4v) is 3.35. The van der Waals surface area contributed by atoms with Crippen LogP contribution in [0.5, 0.6) is 0 Å². The highest BCUT2D eigenvalue weighted by atomic mass is 35.5. The molecule has 0 spiro atoms. The predicted octanol–water partition coefficient (Wildman–Crippen LogP) is 1.22. The van der Waals surface area contributed by atoms with Crippen LogP contribution in [0.25, 0.3) is 11.2 Å². The van der Waals surface area contributed by atoms with E-state index in [1.807, 2.05) is 37.3 Å². The molecule has 0 unspecified atom stereocenters. The van der Waals surface area contributed by atoms with Gasteiger partial charge in [0.1, 0.15) is 6.54 Å². The first-order valence-electron chi connectivity index (χ1n) is 8.94. The van der Waals surface area contributed by atoms with Gasteiger partial charge in [-0.1, -0.05) is 30.3 Å². The number of aryl methyl sites for hydroxylation is 2. The fraction of sp³-hybridized carbons (Fsp3) is 0.368. The summed E-state index contributed by atoms with van der Waals surface area (Å²) in [5, 5.41) is 2.90. The molecule has 1 aromatic carbocycles. The van der Waals surface area contributed by atoms with Crippen LogP contribution >= 0.6 is 11.6 Å². The Morgan fingerprint density at radius 1 is 1.18 bits per heavy atom. The summed E-state index contributed by atoms with van der Waals surface area (Å²) < 4.78 is 3.54. The van der Waals surface area contributed by atoms with Gasteiger partial charge >= 0.3 is 5.69 Å². The van der Waals surface area contributed by atoms with E-state index in [1.165, 1.54) is 28.8 Å². The van der Waals surface area contributed by atoms with Crippen LogP contribution < -0.4 is 16.6 Å². The molecule has 0 saturated heterocycles. The third kappa shape index (κ3) is 3.87. The summed E-state index contributed by atoms with van der Waals surface area (Å²) in [4.78, 5) is 41.1. The van der Waals surface area contributed by atoms with E-state index < -0.39 is 11.2 Å². The summed E-state index contributed by atoms with van der Waals surface area (Å²) >= 11 is 6.15. The SMILES string of the molecule is C[C@@H](CCc1ccccc1)NC(=O)Cn1c(Cl)nc2c1c(=O)n(C)c(=O)n2C. The normalized spacial score (nSPS) is 12.3. The lowest BCUT2D eigenvalue weighted by Crippen LogP contribution is -2.39. The van der Waals surface area contributed by atoms with Gasteiger partial charge in [-0.15, -0.1) is 0 Å². The number of hydrogen-bond donors (Lipinski definition) is 1. The zero-order valence-corrected chi connectivity index (χ0v) is 16.7. The van der Waals surface area contributed by atoms with Crippen molar-refractivity contribution in [3.8, 4) is 0 Å². The molecule has 3 rings (SSSR count). The minimum atomic E-state index is -0.539. The number of benzene rings is 1. The monoisotopic (exact) mass is 403 g/mol. The molecule has 0 fully saturated rings. The Balaban J connectivity index is 1.75. The highest BCUT2D eigenvalue weighted by molar-refractivity contribution is 6.29. The number of aromatic nitrogens is 4. The molecule has 148 valence electrons. The van der Waals surface area contributed by atoms with Gasteiger partial charge in [0.25, 0.3) is 5.56 Å². The van der Waals surface area contributed by atoms with Crippen molar-refractivity contribution in [1.29, 1.82) is 0 Å². The Labute approximate surface area is 166 Å². The molecule has 0 saturated carbocycles. The third-order valence-corrected chi connectivity index (χ3v) is 5.01. The summed E-state index contributed by atoms with van der Waals surface area (Å²) in [5.74, 6) is -0.280. The highest BCUT2D eigenvalue weighted by Crippen LogP contribution is 2.15. The van der Waals surface area contributed by atoms with E-state index in [9.17, 15) is 14.4 Å². The molecule has 0 radical (unpaired) electrons. The number of imidazole rings is 1. The number of nitrogens with one attached hydrogen (secondary N) is 1. The van der Waals surface area contributed by atoms with Crippen molar-refractivity contribution < 1.29 is 4.79 Å². The third-order valence-electron chi connectivity index (χ3n) is 4.72. The van der Waals surface area contributed by atoms with Gasteiger partial charge in [0.05, 0.1) is 0 Å². The molecule has 28 heavy (non-hydrogen) atoms. The second-order valence-corrected chi connectivity index (χ2v) is 7.18. The van der Waals surface area contributed by atoms with E-state index in [1.54, 1.807) is 0 Å². The lowest BCUT2D eigenvalue weighted by molar-refractivity contribution is -0.122. The summed E-state index contributed by atoms with van der Waals surface area (Å²) in [6.45, 7) is 1.77. The van der Waals surface area contributed by atoms with E-state index in [4.69, 9.17) is 11.6 Å². The van der Waals surface area contributed by atoms with E-state index in [0.717, 1.165) is 17.4 Å². The number of nitrogens with zero attached hydrogens (tertiary/aromatic N) is 4. The largest absolute Gasteiger partial charge is 0.352 e. The Morgan fingerprint density at radius 2 is 1.86 bits per heavy atom. The molecule has 8 nitrogen and oxygen atoms in total. The van der Waals surface area contributed by atoms with Crippen LogP contribution in [0.2, 0.25) is 5.28 Å². The second kappa shape index (κ2) is 8.02. The molecule has 0 aliphatic heterocycles. The molecule has 0 aliphatic carbocycles. The van der Waals surface area contributed by atoms with Gasteiger partial charge in [-0.2, -0.15) is 4.98 Å². The first-order chi connectivity index (χ1) is 13.3. The van der Waals surface area contributed by atoms with E-state index >= 15 is 0 Å². The Morgan fingerprint density at radius 3 is 2.54 bits per heavy atom. The molecule has 9 heteroatoms. The van der Waals surface area contributed by atoms with Crippen LogP contribution in [0.4, 0.5) is 0 Å². The first-order valence-corrected chi connectivity index (χ1v) is 9.32. The Bertz CT molecular complexity index is 1130. The van der Waals surface area contributed by atoms with Crippen LogP contribution in [-0.2, 0) is 31.9 Å². The number of carbonyl (C=O) groups is 1. The maximum absolute atomic E-state index is 12.5. The average molecular weight is 404 g/mol. The topological polar surface area (TPSA) is 90.9 Å². The number of fused-ring (bicyclic) bond motifs is 1. The van der Waals surface area contributed by atoms with Crippen molar-refractivity contribution in [2.45, 2.75) is 32.4 Å². The fourth-order valence-electron chi connectivity index (χ4n) is 3.13. The van der Waals surface area contributed by atoms with Gasteiger partial charge < -0.3 is 5.32 Å². The second-order valence-electron chi connectivity index (χ2n) is 6.84. The molecule has 0 aliphatic rings. The lowest BCUT2D eigenvalue weighted by atomic mass is 10.1. The lowest BCUT2D eigenvalue weighted by Gasteiger charge is -2.15. The highest BCUT2D eigenvalue weighted by Gasteiger charge is 2.20. The quantitative estimate of drug-likeness (QED) is 0.626. The van der Waals surface area contributed by atoms with Crippen LogP contribution in [-0.4, -0.2) is 30.6 Å². The van der Waals surface area contributed by atoms with Gasteiger partial charge in [-0.3, -0.25) is 23.3 Å². The summed E-state index contributed by atoms with van der Waals surface area (Å²) in [7, 11) is 2.88. The molecule has 2 aromatic heterocycles. The molecule has 3 aromatic rings. The Hall–Kier alpha value is -2.87. The zero-order valence-electron chi connectivity index (χ0n) is 16.0. The van der Waals surface area contributed by atoms with Crippen LogP contribution in [0.3, 0.4) is 0 Å². The van der Waals surface area contributed by atoms with Crippen molar-refractivity contribution in [3.63, 3.8) is 0 Å².